The zero-order chi connectivity index (χ0) is 11.7. The summed E-state index contributed by atoms with van der Waals surface area (Å²) in [5, 5.41) is 9.98. The van der Waals surface area contributed by atoms with Crippen molar-refractivity contribution in [3.63, 3.8) is 0 Å². The van der Waals surface area contributed by atoms with Crippen molar-refractivity contribution >= 4 is 22.5 Å². The molecule has 3 aromatic rings. The minimum Gasteiger partial charge on any atom is -0.337 e. The predicted molar refractivity (Wildman–Crippen MR) is 63.6 cm³/mol. The minimum atomic E-state index is -0.289. The summed E-state index contributed by atoms with van der Waals surface area (Å²) in [5.41, 5.74) is 2.22. The van der Waals surface area contributed by atoms with Gasteiger partial charge in [0.2, 0.25) is 0 Å². The van der Waals surface area contributed by atoms with E-state index in [2.05, 4.69) is 20.5 Å². The van der Waals surface area contributed by atoms with Crippen LogP contribution < -0.4 is 5.32 Å². The monoisotopic (exact) mass is 228 g/mol. The Morgan fingerprint density at radius 3 is 3.00 bits per heavy atom. The van der Waals surface area contributed by atoms with E-state index in [0.29, 0.717) is 11.5 Å². The number of rotatable bonds is 2. The van der Waals surface area contributed by atoms with Gasteiger partial charge in [-0.2, -0.15) is 5.10 Å². The van der Waals surface area contributed by atoms with Crippen molar-refractivity contribution in [2.24, 2.45) is 0 Å². The number of aromatic amines is 1. The molecule has 0 aliphatic rings. The van der Waals surface area contributed by atoms with Gasteiger partial charge in [0.1, 0.15) is 11.3 Å². The van der Waals surface area contributed by atoms with Gasteiger partial charge in [0.25, 0.3) is 0 Å². The topological polar surface area (TPSA) is 53.6 Å². The second-order valence-corrected chi connectivity index (χ2v) is 3.61. The Hall–Kier alpha value is -2.43. The van der Waals surface area contributed by atoms with Crippen LogP contribution in [-0.2, 0) is 0 Å². The van der Waals surface area contributed by atoms with Gasteiger partial charge in [-0.3, -0.25) is 10.1 Å². The quantitative estimate of drug-likeness (QED) is 0.709. The van der Waals surface area contributed by atoms with Crippen LogP contribution in [0.5, 0.6) is 0 Å². The summed E-state index contributed by atoms with van der Waals surface area (Å²) >= 11 is 0. The summed E-state index contributed by atoms with van der Waals surface area (Å²) in [6.45, 7) is 0. The highest BCUT2D eigenvalue weighted by molar-refractivity contribution is 5.87. The van der Waals surface area contributed by atoms with E-state index in [9.17, 15) is 4.39 Å². The fourth-order valence-corrected chi connectivity index (χ4v) is 1.64. The first-order valence-corrected chi connectivity index (χ1v) is 5.14. The molecule has 5 heteroatoms. The van der Waals surface area contributed by atoms with E-state index in [0.717, 1.165) is 11.0 Å². The highest BCUT2D eigenvalue weighted by atomic mass is 19.1. The van der Waals surface area contributed by atoms with E-state index in [1.807, 2.05) is 12.1 Å². The first kappa shape index (κ1) is 9.77. The van der Waals surface area contributed by atoms with Gasteiger partial charge in [0.05, 0.1) is 5.52 Å². The maximum absolute atomic E-state index is 13.0. The van der Waals surface area contributed by atoms with Gasteiger partial charge in [0.15, 0.2) is 5.82 Å². The molecule has 0 saturated heterocycles. The highest BCUT2D eigenvalue weighted by Crippen LogP contribution is 2.21. The molecule has 0 fully saturated rings. The molecular formula is C12H9FN4. The van der Waals surface area contributed by atoms with Crippen LogP contribution in [0.25, 0.3) is 11.0 Å². The molecule has 84 valence electrons. The standard InChI is InChI=1S/C12H9FN4/c13-8-3-1-4-9(7-8)15-12-11-10(16-17-12)5-2-6-14-11/h1-7H,(H2,15,16,17). The molecule has 0 aliphatic carbocycles. The van der Waals surface area contributed by atoms with Crippen molar-refractivity contribution < 1.29 is 4.39 Å². The van der Waals surface area contributed by atoms with Crippen LogP contribution in [0, 0.1) is 5.82 Å². The lowest BCUT2D eigenvalue weighted by Gasteiger charge is -2.02. The molecule has 0 spiro atoms. The number of nitrogens with zero attached hydrogens (tertiary/aromatic N) is 2. The summed E-state index contributed by atoms with van der Waals surface area (Å²) in [7, 11) is 0. The molecular weight excluding hydrogens is 219 g/mol. The van der Waals surface area contributed by atoms with Gasteiger partial charge in [-0.15, -0.1) is 0 Å². The summed E-state index contributed by atoms with van der Waals surface area (Å²) < 4.78 is 13.0. The molecule has 2 N–H and O–H groups in total. The van der Waals surface area contributed by atoms with Gasteiger partial charge in [-0.25, -0.2) is 4.39 Å². The molecule has 0 saturated carbocycles. The molecule has 0 unspecified atom stereocenters. The third kappa shape index (κ3) is 1.82. The lowest BCUT2D eigenvalue weighted by atomic mass is 10.3. The molecule has 0 bridgehead atoms. The minimum absolute atomic E-state index is 0.289. The molecule has 2 aromatic heterocycles. The van der Waals surface area contributed by atoms with Crippen molar-refractivity contribution in [3.8, 4) is 0 Å². The number of aromatic nitrogens is 3. The van der Waals surface area contributed by atoms with Crippen LogP contribution in [0.15, 0.2) is 42.6 Å². The number of benzene rings is 1. The number of hydrogen-bond donors (Lipinski definition) is 2. The number of anilines is 2. The van der Waals surface area contributed by atoms with Crippen molar-refractivity contribution in [1.29, 1.82) is 0 Å². The molecule has 0 aliphatic heterocycles. The molecule has 1 aromatic carbocycles. The fraction of sp³-hybridized carbons (Fsp3) is 0. The van der Waals surface area contributed by atoms with Crippen LogP contribution in [0.4, 0.5) is 15.9 Å². The van der Waals surface area contributed by atoms with Crippen LogP contribution in [0.3, 0.4) is 0 Å². The number of pyridine rings is 1. The zero-order valence-corrected chi connectivity index (χ0v) is 8.81. The molecule has 3 rings (SSSR count). The van der Waals surface area contributed by atoms with E-state index >= 15 is 0 Å². The van der Waals surface area contributed by atoms with E-state index in [1.165, 1.54) is 12.1 Å². The fourth-order valence-electron chi connectivity index (χ4n) is 1.64. The summed E-state index contributed by atoms with van der Waals surface area (Å²) in [6, 6.07) is 9.92. The summed E-state index contributed by atoms with van der Waals surface area (Å²) in [6.07, 6.45) is 1.69. The largest absolute Gasteiger partial charge is 0.337 e. The average Bonchev–Trinajstić information content (AvgIpc) is 2.73. The normalized spacial score (nSPS) is 10.6. The molecule has 0 amide bonds. The maximum Gasteiger partial charge on any atom is 0.178 e. The van der Waals surface area contributed by atoms with Crippen LogP contribution in [0.1, 0.15) is 0 Å². The zero-order valence-electron chi connectivity index (χ0n) is 8.81. The predicted octanol–water partition coefficient (Wildman–Crippen LogP) is 2.84. The van der Waals surface area contributed by atoms with Gasteiger partial charge < -0.3 is 5.32 Å². The van der Waals surface area contributed by atoms with Crippen molar-refractivity contribution in [3.05, 3.63) is 48.4 Å². The Kier molecular flexibility index (Phi) is 2.22. The Bertz CT molecular complexity index is 662. The maximum atomic E-state index is 13.0. The Morgan fingerprint density at radius 2 is 2.12 bits per heavy atom. The molecule has 0 atom stereocenters. The smallest absolute Gasteiger partial charge is 0.178 e. The third-order valence-corrected chi connectivity index (χ3v) is 2.41. The average molecular weight is 228 g/mol. The summed E-state index contributed by atoms with van der Waals surface area (Å²) in [4.78, 5) is 4.21. The van der Waals surface area contributed by atoms with E-state index in [1.54, 1.807) is 18.3 Å². The van der Waals surface area contributed by atoms with Crippen molar-refractivity contribution in [1.82, 2.24) is 15.2 Å². The Balaban J connectivity index is 2.00. The number of H-pyrrole nitrogens is 1. The lowest BCUT2D eigenvalue weighted by molar-refractivity contribution is 0.628. The summed E-state index contributed by atoms with van der Waals surface area (Å²) in [5.74, 6) is 0.300. The second-order valence-electron chi connectivity index (χ2n) is 3.61. The molecule has 17 heavy (non-hydrogen) atoms. The lowest BCUT2D eigenvalue weighted by Crippen LogP contribution is -1.92. The van der Waals surface area contributed by atoms with Gasteiger partial charge >= 0.3 is 0 Å². The van der Waals surface area contributed by atoms with E-state index in [4.69, 9.17) is 0 Å². The van der Waals surface area contributed by atoms with E-state index in [-0.39, 0.29) is 5.82 Å². The van der Waals surface area contributed by atoms with Crippen molar-refractivity contribution in [2.75, 3.05) is 5.32 Å². The van der Waals surface area contributed by atoms with Crippen molar-refractivity contribution in [2.45, 2.75) is 0 Å². The van der Waals surface area contributed by atoms with E-state index < -0.39 is 0 Å². The van der Waals surface area contributed by atoms with Crippen LogP contribution in [-0.4, -0.2) is 15.2 Å². The number of nitrogens with one attached hydrogen (secondary N) is 2. The molecule has 4 nitrogen and oxygen atoms in total. The number of fused-ring (bicyclic) bond motifs is 1. The Labute approximate surface area is 96.5 Å². The Morgan fingerprint density at radius 1 is 1.18 bits per heavy atom. The molecule has 0 radical (unpaired) electrons. The van der Waals surface area contributed by atoms with Crippen LogP contribution >= 0.6 is 0 Å². The van der Waals surface area contributed by atoms with Gasteiger partial charge in [0, 0.05) is 11.9 Å². The first-order chi connectivity index (χ1) is 8.33. The number of halogens is 1. The van der Waals surface area contributed by atoms with Gasteiger partial charge in [-0.05, 0) is 30.3 Å². The molecule has 2 heterocycles. The van der Waals surface area contributed by atoms with Gasteiger partial charge in [-0.1, -0.05) is 6.07 Å². The third-order valence-electron chi connectivity index (χ3n) is 2.41. The number of hydrogen-bond acceptors (Lipinski definition) is 3. The highest BCUT2D eigenvalue weighted by Gasteiger charge is 2.06. The van der Waals surface area contributed by atoms with Crippen LogP contribution in [0.2, 0.25) is 0 Å². The SMILES string of the molecule is Fc1cccc(Nc2n[nH]c3cccnc23)c1. The second kappa shape index (κ2) is 3.86. The first-order valence-electron chi connectivity index (χ1n) is 5.14.